The molecular formula is C20H14ClF5N4. The van der Waals surface area contributed by atoms with Gasteiger partial charge in [-0.2, -0.15) is 13.2 Å². The first-order valence-electron chi connectivity index (χ1n) is 9.02. The van der Waals surface area contributed by atoms with Crippen molar-refractivity contribution in [1.29, 1.82) is 0 Å². The molecule has 3 aromatic rings. The first-order chi connectivity index (χ1) is 14.1. The van der Waals surface area contributed by atoms with Crippen LogP contribution in [0.4, 0.5) is 22.0 Å². The fourth-order valence-electron chi connectivity index (χ4n) is 3.52. The Morgan fingerprint density at radius 2 is 1.70 bits per heavy atom. The minimum atomic E-state index is -4.77. The normalized spacial score (nSPS) is 16.0. The Morgan fingerprint density at radius 3 is 2.30 bits per heavy atom. The quantitative estimate of drug-likeness (QED) is 0.480. The molecular weight excluding hydrogens is 427 g/mol. The van der Waals surface area contributed by atoms with Crippen LogP contribution >= 0.6 is 11.6 Å². The second-order valence-corrected chi connectivity index (χ2v) is 7.11. The molecule has 1 aliphatic rings. The van der Waals surface area contributed by atoms with Gasteiger partial charge in [-0.05, 0) is 31.2 Å². The molecule has 30 heavy (non-hydrogen) atoms. The Kier molecular flexibility index (Phi) is 4.88. The van der Waals surface area contributed by atoms with Gasteiger partial charge in [0.05, 0.1) is 27.5 Å². The summed E-state index contributed by atoms with van der Waals surface area (Å²) in [7, 11) is 0. The van der Waals surface area contributed by atoms with Gasteiger partial charge in [0.2, 0.25) is 0 Å². The molecule has 156 valence electrons. The first kappa shape index (κ1) is 20.5. The lowest BCUT2D eigenvalue weighted by atomic mass is 9.97. The van der Waals surface area contributed by atoms with E-state index in [2.05, 4.69) is 15.2 Å². The Hall–Kier alpha value is -2.81. The van der Waals surface area contributed by atoms with E-state index in [1.807, 2.05) is 0 Å². The van der Waals surface area contributed by atoms with E-state index < -0.39 is 40.0 Å². The van der Waals surface area contributed by atoms with Crippen LogP contribution < -0.4 is 0 Å². The maximum atomic E-state index is 14.6. The topological polar surface area (TPSA) is 43.1 Å². The van der Waals surface area contributed by atoms with Crippen molar-refractivity contribution in [3.05, 3.63) is 75.3 Å². The number of hydrogen-bond acceptors (Lipinski definition) is 3. The average molecular weight is 441 g/mol. The minimum Gasteiger partial charge on any atom is -0.280 e. The molecule has 0 unspecified atom stereocenters. The number of rotatable bonds is 2. The van der Waals surface area contributed by atoms with Gasteiger partial charge < -0.3 is 0 Å². The second kappa shape index (κ2) is 7.16. The maximum Gasteiger partial charge on any atom is 0.417 e. The standard InChI is InChI=1S/C20H14ClF5N4/c1-3-14-28-29-19-9(2)27-18(15-11(22)5-4-6-12(15)23)16-13(30(14)19)8-7-10(17(16)21)20(24,25)26/h4-9H,3H2,1-2H3/t9-/m0/s1. The van der Waals surface area contributed by atoms with Crippen molar-refractivity contribution >= 4 is 17.3 Å². The lowest BCUT2D eigenvalue weighted by molar-refractivity contribution is -0.137. The molecule has 2 heterocycles. The van der Waals surface area contributed by atoms with E-state index in [1.54, 1.807) is 18.4 Å². The molecule has 0 spiro atoms. The molecule has 0 saturated carbocycles. The van der Waals surface area contributed by atoms with Gasteiger partial charge in [0.25, 0.3) is 0 Å². The van der Waals surface area contributed by atoms with Crippen LogP contribution in [0.1, 0.15) is 48.2 Å². The van der Waals surface area contributed by atoms with Gasteiger partial charge in [0.15, 0.2) is 5.82 Å². The first-order valence-corrected chi connectivity index (χ1v) is 9.39. The molecule has 4 rings (SSSR count). The summed E-state index contributed by atoms with van der Waals surface area (Å²) in [6.07, 6.45) is -4.35. The van der Waals surface area contributed by atoms with Crippen LogP contribution in [0.15, 0.2) is 35.3 Å². The van der Waals surface area contributed by atoms with Crippen molar-refractivity contribution < 1.29 is 22.0 Å². The molecule has 1 aromatic heterocycles. The van der Waals surface area contributed by atoms with Gasteiger partial charge in [-0.3, -0.25) is 9.56 Å². The van der Waals surface area contributed by atoms with Gasteiger partial charge >= 0.3 is 6.18 Å². The van der Waals surface area contributed by atoms with E-state index in [4.69, 9.17) is 11.6 Å². The zero-order valence-electron chi connectivity index (χ0n) is 15.7. The van der Waals surface area contributed by atoms with E-state index in [9.17, 15) is 22.0 Å². The molecule has 1 atom stereocenters. The molecule has 0 saturated heterocycles. The largest absolute Gasteiger partial charge is 0.417 e. The number of aliphatic imine (C=N–C) groups is 1. The Labute approximate surface area is 173 Å². The van der Waals surface area contributed by atoms with E-state index in [1.165, 1.54) is 6.07 Å². The Balaban J connectivity index is 2.15. The predicted octanol–water partition coefficient (Wildman–Crippen LogP) is 5.69. The molecule has 0 N–H and O–H groups in total. The molecule has 0 aliphatic carbocycles. The van der Waals surface area contributed by atoms with Gasteiger partial charge in [0.1, 0.15) is 23.5 Å². The molecule has 0 radical (unpaired) electrons. The number of fused-ring (bicyclic) bond motifs is 3. The maximum absolute atomic E-state index is 14.6. The SMILES string of the molecule is CCc1nnc2n1-c1ccc(C(F)(F)F)c(Cl)c1C(c1c(F)cccc1F)=N[C@H]2C. The van der Waals surface area contributed by atoms with Crippen LogP contribution in [0, 0.1) is 11.6 Å². The molecule has 1 aliphatic heterocycles. The third-order valence-corrected chi connectivity index (χ3v) is 5.26. The monoisotopic (exact) mass is 440 g/mol. The van der Waals surface area contributed by atoms with Crippen molar-refractivity contribution in [2.45, 2.75) is 32.5 Å². The van der Waals surface area contributed by atoms with E-state index >= 15 is 0 Å². The summed E-state index contributed by atoms with van der Waals surface area (Å²) >= 11 is 6.21. The van der Waals surface area contributed by atoms with Crippen LogP contribution in [0.25, 0.3) is 5.69 Å². The van der Waals surface area contributed by atoms with Crippen molar-refractivity contribution in [2.24, 2.45) is 4.99 Å². The summed E-state index contributed by atoms with van der Waals surface area (Å²) in [5, 5.41) is 7.47. The number of benzene rings is 2. The third-order valence-electron chi connectivity index (χ3n) is 4.87. The van der Waals surface area contributed by atoms with Crippen LogP contribution in [-0.2, 0) is 12.6 Å². The van der Waals surface area contributed by atoms with E-state index in [0.717, 1.165) is 24.3 Å². The number of aryl methyl sites for hydroxylation is 1. The highest BCUT2D eigenvalue weighted by Crippen LogP contribution is 2.42. The van der Waals surface area contributed by atoms with Gasteiger partial charge in [0, 0.05) is 12.0 Å². The highest BCUT2D eigenvalue weighted by Gasteiger charge is 2.38. The van der Waals surface area contributed by atoms with E-state index in [0.29, 0.717) is 18.1 Å². The molecule has 0 amide bonds. The highest BCUT2D eigenvalue weighted by atomic mass is 35.5. The van der Waals surface area contributed by atoms with Crippen LogP contribution in [0.2, 0.25) is 5.02 Å². The number of halogens is 6. The summed E-state index contributed by atoms with van der Waals surface area (Å²) < 4.78 is 71.5. The van der Waals surface area contributed by atoms with Gasteiger partial charge in [-0.15, -0.1) is 10.2 Å². The van der Waals surface area contributed by atoms with Crippen LogP contribution in [0.3, 0.4) is 0 Å². The number of alkyl halides is 3. The Morgan fingerprint density at radius 1 is 1.03 bits per heavy atom. The highest BCUT2D eigenvalue weighted by molar-refractivity contribution is 6.37. The fraction of sp³-hybridized carbons (Fsp3) is 0.250. The zero-order chi connectivity index (χ0) is 21.8. The fourth-order valence-corrected chi connectivity index (χ4v) is 3.87. The third kappa shape index (κ3) is 3.08. The van der Waals surface area contributed by atoms with Gasteiger partial charge in [-0.1, -0.05) is 24.6 Å². The smallest absolute Gasteiger partial charge is 0.280 e. The summed E-state index contributed by atoms with van der Waals surface area (Å²) in [4.78, 5) is 4.34. The summed E-state index contributed by atoms with van der Waals surface area (Å²) in [5.74, 6) is -1.14. The molecule has 2 aromatic carbocycles. The second-order valence-electron chi connectivity index (χ2n) is 6.73. The predicted molar refractivity (Wildman–Crippen MR) is 101 cm³/mol. The van der Waals surface area contributed by atoms with Crippen molar-refractivity contribution in [2.75, 3.05) is 0 Å². The number of aromatic nitrogens is 3. The summed E-state index contributed by atoms with van der Waals surface area (Å²) in [5.41, 5.74) is -2.04. The molecule has 4 nitrogen and oxygen atoms in total. The van der Waals surface area contributed by atoms with Crippen molar-refractivity contribution in [1.82, 2.24) is 14.8 Å². The minimum absolute atomic E-state index is 0.176. The number of nitrogens with zero attached hydrogens (tertiary/aromatic N) is 4. The number of hydrogen-bond donors (Lipinski definition) is 0. The zero-order valence-corrected chi connectivity index (χ0v) is 16.5. The molecule has 10 heteroatoms. The van der Waals surface area contributed by atoms with Gasteiger partial charge in [-0.25, -0.2) is 8.78 Å². The van der Waals surface area contributed by atoms with Crippen LogP contribution in [-0.4, -0.2) is 20.5 Å². The lowest BCUT2D eigenvalue weighted by Gasteiger charge is -2.19. The summed E-state index contributed by atoms with van der Waals surface area (Å²) in [6.45, 7) is 3.42. The van der Waals surface area contributed by atoms with Crippen molar-refractivity contribution in [3.8, 4) is 5.69 Å². The van der Waals surface area contributed by atoms with E-state index in [-0.39, 0.29) is 17.0 Å². The molecule has 0 bridgehead atoms. The Bertz CT molecular complexity index is 1160. The average Bonchev–Trinajstić information content (AvgIpc) is 3.05. The summed E-state index contributed by atoms with van der Waals surface area (Å²) in [6, 6.07) is 4.46. The molecule has 0 fully saturated rings. The van der Waals surface area contributed by atoms with Crippen LogP contribution in [0.5, 0.6) is 0 Å². The lowest BCUT2D eigenvalue weighted by Crippen LogP contribution is -2.16. The van der Waals surface area contributed by atoms with Crippen molar-refractivity contribution in [3.63, 3.8) is 0 Å².